The van der Waals surface area contributed by atoms with E-state index in [0.717, 1.165) is 0 Å². The number of hydrogen-bond donors (Lipinski definition) is 2. The van der Waals surface area contributed by atoms with Gasteiger partial charge < -0.3 is 5.32 Å². The maximum Gasteiger partial charge on any atom is 0.329 e. The molecular formula is C16H11Cl4N3O2. The molecule has 0 fully saturated rings. The summed E-state index contributed by atoms with van der Waals surface area (Å²) in [7, 11) is 0. The molecule has 2 amide bonds. The Kier molecular flexibility index (Phi) is 7.08. The van der Waals surface area contributed by atoms with Crippen LogP contribution in [0.4, 0.5) is 0 Å². The number of benzene rings is 2. The van der Waals surface area contributed by atoms with E-state index >= 15 is 0 Å². The molecule has 0 aliphatic rings. The van der Waals surface area contributed by atoms with Crippen LogP contribution in [-0.2, 0) is 16.1 Å². The molecule has 0 saturated heterocycles. The first kappa shape index (κ1) is 19.5. The molecule has 0 unspecified atom stereocenters. The van der Waals surface area contributed by atoms with Crippen LogP contribution in [0.1, 0.15) is 11.1 Å². The first-order chi connectivity index (χ1) is 11.9. The molecule has 2 aromatic rings. The molecule has 0 radical (unpaired) electrons. The summed E-state index contributed by atoms with van der Waals surface area (Å²) in [6.45, 7) is 0.0784. The minimum Gasteiger partial charge on any atom is -0.344 e. The van der Waals surface area contributed by atoms with Crippen molar-refractivity contribution in [2.24, 2.45) is 5.10 Å². The number of amides is 2. The van der Waals surface area contributed by atoms with Gasteiger partial charge in [-0.15, -0.1) is 0 Å². The Labute approximate surface area is 163 Å². The van der Waals surface area contributed by atoms with E-state index in [9.17, 15) is 9.59 Å². The summed E-state index contributed by atoms with van der Waals surface area (Å²) in [6.07, 6.45) is 1.31. The molecule has 130 valence electrons. The normalized spacial score (nSPS) is 10.7. The highest BCUT2D eigenvalue weighted by Gasteiger charge is 2.13. The van der Waals surface area contributed by atoms with Gasteiger partial charge in [0.25, 0.3) is 0 Å². The second-order valence-corrected chi connectivity index (χ2v) is 6.47. The van der Waals surface area contributed by atoms with Crippen molar-refractivity contribution in [2.75, 3.05) is 0 Å². The number of rotatable bonds is 4. The number of nitrogens with one attached hydrogen (secondary N) is 2. The Balaban J connectivity index is 1.87. The Hall–Kier alpha value is -1.79. The van der Waals surface area contributed by atoms with Gasteiger partial charge in [0.2, 0.25) is 0 Å². The number of nitrogens with zero attached hydrogens (tertiary/aromatic N) is 1. The SMILES string of the molecule is O=C(NCc1ccc(Cl)cc1Cl)C(=O)N/N=C/c1ccc(Cl)cc1Cl. The first-order valence-electron chi connectivity index (χ1n) is 6.87. The summed E-state index contributed by atoms with van der Waals surface area (Å²) >= 11 is 23.5. The van der Waals surface area contributed by atoms with Crippen molar-refractivity contribution in [1.82, 2.24) is 10.7 Å². The van der Waals surface area contributed by atoms with Crippen molar-refractivity contribution >= 4 is 64.4 Å². The molecule has 0 aliphatic heterocycles. The number of carbonyl (C=O) groups is 2. The van der Waals surface area contributed by atoms with Crippen LogP contribution in [-0.4, -0.2) is 18.0 Å². The number of halogens is 4. The lowest BCUT2D eigenvalue weighted by atomic mass is 10.2. The van der Waals surface area contributed by atoms with Crippen LogP contribution >= 0.6 is 46.4 Å². The van der Waals surface area contributed by atoms with Crippen LogP contribution in [0.5, 0.6) is 0 Å². The fourth-order valence-corrected chi connectivity index (χ4v) is 2.67. The van der Waals surface area contributed by atoms with Gasteiger partial charge in [-0.2, -0.15) is 5.10 Å². The summed E-state index contributed by atoms with van der Waals surface area (Å²) in [4.78, 5) is 23.4. The Morgan fingerprint density at radius 3 is 2.20 bits per heavy atom. The third-order valence-corrected chi connectivity index (χ3v) is 4.14. The minimum atomic E-state index is -0.925. The van der Waals surface area contributed by atoms with Crippen molar-refractivity contribution in [3.63, 3.8) is 0 Å². The van der Waals surface area contributed by atoms with Crippen LogP contribution in [0.15, 0.2) is 41.5 Å². The largest absolute Gasteiger partial charge is 0.344 e. The molecule has 0 aromatic heterocycles. The summed E-state index contributed by atoms with van der Waals surface area (Å²) in [6, 6.07) is 9.63. The molecule has 0 saturated carbocycles. The molecular weight excluding hydrogens is 408 g/mol. The van der Waals surface area contributed by atoms with E-state index in [-0.39, 0.29) is 6.54 Å². The molecule has 9 heteroatoms. The summed E-state index contributed by atoms with van der Waals surface area (Å²) in [5.74, 6) is -1.78. The highest BCUT2D eigenvalue weighted by Crippen LogP contribution is 2.21. The maximum atomic E-state index is 11.7. The fraction of sp³-hybridized carbons (Fsp3) is 0.0625. The molecule has 0 bridgehead atoms. The predicted molar refractivity (Wildman–Crippen MR) is 101 cm³/mol. The van der Waals surface area contributed by atoms with Crippen molar-refractivity contribution < 1.29 is 9.59 Å². The zero-order valence-electron chi connectivity index (χ0n) is 12.5. The van der Waals surface area contributed by atoms with Gasteiger partial charge >= 0.3 is 11.8 Å². The summed E-state index contributed by atoms with van der Waals surface area (Å²) < 4.78 is 0. The van der Waals surface area contributed by atoms with Gasteiger partial charge in [-0.3, -0.25) is 9.59 Å². The van der Waals surface area contributed by atoms with Crippen LogP contribution in [0.25, 0.3) is 0 Å². The van der Waals surface area contributed by atoms with E-state index < -0.39 is 11.8 Å². The lowest BCUT2D eigenvalue weighted by Gasteiger charge is -2.06. The summed E-state index contributed by atoms with van der Waals surface area (Å²) in [5.41, 5.74) is 3.28. The smallest absolute Gasteiger partial charge is 0.329 e. The van der Waals surface area contributed by atoms with Gasteiger partial charge in [0, 0.05) is 27.2 Å². The van der Waals surface area contributed by atoms with E-state index in [4.69, 9.17) is 46.4 Å². The van der Waals surface area contributed by atoms with Gasteiger partial charge in [-0.25, -0.2) is 5.43 Å². The zero-order valence-corrected chi connectivity index (χ0v) is 15.5. The van der Waals surface area contributed by atoms with Crippen LogP contribution in [0, 0.1) is 0 Å². The number of hydrazone groups is 1. The summed E-state index contributed by atoms with van der Waals surface area (Å²) in [5, 5.41) is 7.83. The van der Waals surface area contributed by atoms with E-state index in [1.54, 1.807) is 30.3 Å². The van der Waals surface area contributed by atoms with Crippen molar-refractivity contribution in [3.05, 3.63) is 67.6 Å². The van der Waals surface area contributed by atoms with Gasteiger partial charge in [-0.05, 0) is 29.8 Å². The average Bonchev–Trinajstić information content (AvgIpc) is 2.55. The molecule has 25 heavy (non-hydrogen) atoms. The fourth-order valence-electron chi connectivity index (χ4n) is 1.74. The third-order valence-electron chi connectivity index (χ3n) is 2.99. The van der Waals surface area contributed by atoms with E-state index in [2.05, 4.69) is 15.8 Å². The Bertz CT molecular complexity index is 840. The monoisotopic (exact) mass is 417 g/mol. The van der Waals surface area contributed by atoms with E-state index in [1.807, 2.05) is 0 Å². The van der Waals surface area contributed by atoms with Gasteiger partial charge in [0.05, 0.1) is 11.2 Å². The Morgan fingerprint density at radius 2 is 1.56 bits per heavy atom. The number of hydrogen-bond acceptors (Lipinski definition) is 3. The molecule has 5 nitrogen and oxygen atoms in total. The highest BCUT2D eigenvalue weighted by atomic mass is 35.5. The minimum absolute atomic E-state index is 0.0784. The lowest BCUT2D eigenvalue weighted by Crippen LogP contribution is -2.37. The van der Waals surface area contributed by atoms with Crippen molar-refractivity contribution in [1.29, 1.82) is 0 Å². The Morgan fingerprint density at radius 1 is 0.920 bits per heavy atom. The van der Waals surface area contributed by atoms with Gasteiger partial charge in [-0.1, -0.05) is 58.5 Å². The van der Waals surface area contributed by atoms with Crippen LogP contribution in [0.2, 0.25) is 20.1 Å². The van der Waals surface area contributed by atoms with Crippen molar-refractivity contribution in [2.45, 2.75) is 6.54 Å². The van der Waals surface area contributed by atoms with Crippen molar-refractivity contribution in [3.8, 4) is 0 Å². The molecule has 2 N–H and O–H groups in total. The number of carbonyl (C=O) groups excluding carboxylic acids is 2. The van der Waals surface area contributed by atoms with E-state index in [0.29, 0.717) is 31.2 Å². The zero-order chi connectivity index (χ0) is 18.4. The lowest BCUT2D eigenvalue weighted by molar-refractivity contribution is -0.139. The predicted octanol–water partition coefficient (Wildman–Crippen LogP) is 4.07. The first-order valence-corrected chi connectivity index (χ1v) is 8.38. The molecule has 0 heterocycles. The van der Waals surface area contributed by atoms with Gasteiger partial charge in [0.1, 0.15) is 0 Å². The average molecular weight is 419 g/mol. The van der Waals surface area contributed by atoms with E-state index in [1.165, 1.54) is 12.3 Å². The highest BCUT2D eigenvalue weighted by molar-refractivity contribution is 6.37. The molecule has 0 spiro atoms. The molecule has 0 aliphatic carbocycles. The second kappa shape index (κ2) is 9.06. The van der Waals surface area contributed by atoms with Crippen LogP contribution in [0.3, 0.4) is 0 Å². The van der Waals surface area contributed by atoms with Crippen LogP contribution < -0.4 is 10.7 Å². The maximum absolute atomic E-state index is 11.7. The third kappa shape index (κ3) is 5.90. The molecule has 2 rings (SSSR count). The van der Waals surface area contributed by atoms with Gasteiger partial charge in [0.15, 0.2) is 0 Å². The molecule has 2 aromatic carbocycles. The molecule has 0 atom stereocenters. The quantitative estimate of drug-likeness (QED) is 0.446. The standard InChI is InChI=1S/C16H11Cl4N3O2/c17-11-3-1-9(13(19)5-11)7-21-15(24)16(25)23-22-8-10-2-4-12(18)6-14(10)20/h1-6,8H,7H2,(H,21,24)(H,23,25)/b22-8+. The second-order valence-electron chi connectivity index (χ2n) is 4.78. The topological polar surface area (TPSA) is 70.6 Å².